The van der Waals surface area contributed by atoms with Crippen LogP contribution in [0.5, 0.6) is 5.75 Å². The van der Waals surface area contributed by atoms with E-state index in [-0.39, 0.29) is 11.7 Å². The third-order valence-electron chi connectivity index (χ3n) is 2.50. The number of halogens is 2. The molecule has 5 nitrogen and oxygen atoms in total. The molecule has 20 heavy (non-hydrogen) atoms. The SMILES string of the molecule is CC(C)C(NC(=O)COc1ccc(Br)cc1F)C(=O)O. The van der Waals surface area contributed by atoms with E-state index in [0.717, 1.165) is 0 Å². The van der Waals surface area contributed by atoms with Crippen LogP contribution in [0.25, 0.3) is 0 Å². The van der Waals surface area contributed by atoms with Crippen molar-refractivity contribution in [2.24, 2.45) is 5.92 Å². The monoisotopic (exact) mass is 347 g/mol. The van der Waals surface area contributed by atoms with Crippen LogP contribution >= 0.6 is 15.9 Å². The topological polar surface area (TPSA) is 75.6 Å². The fraction of sp³-hybridized carbons (Fsp3) is 0.385. The van der Waals surface area contributed by atoms with Gasteiger partial charge in [0.15, 0.2) is 18.2 Å². The van der Waals surface area contributed by atoms with Gasteiger partial charge in [-0.25, -0.2) is 9.18 Å². The summed E-state index contributed by atoms with van der Waals surface area (Å²) >= 11 is 3.10. The molecule has 0 saturated carbocycles. The molecule has 1 unspecified atom stereocenters. The van der Waals surface area contributed by atoms with Gasteiger partial charge >= 0.3 is 5.97 Å². The van der Waals surface area contributed by atoms with Crippen molar-refractivity contribution in [2.75, 3.05) is 6.61 Å². The van der Waals surface area contributed by atoms with Gasteiger partial charge in [0.05, 0.1) is 0 Å². The highest BCUT2D eigenvalue weighted by atomic mass is 79.9. The van der Waals surface area contributed by atoms with E-state index in [4.69, 9.17) is 9.84 Å². The number of carboxylic acids is 1. The normalized spacial score (nSPS) is 12.1. The fourth-order valence-electron chi connectivity index (χ4n) is 1.46. The van der Waals surface area contributed by atoms with Crippen molar-refractivity contribution in [1.82, 2.24) is 5.32 Å². The maximum Gasteiger partial charge on any atom is 0.326 e. The minimum Gasteiger partial charge on any atom is -0.481 e. The first-order chi connectivity index (χ1) is 9.31. The van der Waals surface area contributed by atoms with Gasteiger partial charge in [-0.1, -0.05) is 29.8 Å². The summed E-state index contributed by atoms with van der Waals surface area (Å²) in [6.07, 6.45) is 0. The number of carbonyl (C=O) groups is 2. The van der Waals surface area contributed by atoms with Gasteiger partial charge in [0.2, 0.25) is 0 Å². The molecule has 1 aromatic carbocycles. The van der Waals surface area contributed by atoms with Crippen molar-refractivity contribution < 1.29 is 23.8 Å². The number of benzene rings is 1. The lowest BCUT2D eigenvalue weighted by atomic mass is 10.1. The number of amides is 1. The minimum atomic E-state index is -1.12. The lowest BCUT2D eigenvalue weighted by molar-refractivity contribution is -0.143. The second-order valence-corrected chi connectivity index (χ2v) is 5.41. The Labute approximate surface area is 124 Å². The Bertz CT molecular complexity index is 507. The highest BCUT2D eigenvalue weighted by Crippen LogP contribution is 2.21. The smallest absolute Gasteiger partial charge is 0.326 e. The van der Waals surface area contributed by atoms with Crippen molar-refractivity contribution in [3.05, 3.63) is 28.5 Å². The molecule has 0 saturated heterocycles. The molecule has 0 fully saturated rings. The van der Waals surface area contributed by atoms with E-state index < -0.39 is 30.3 Å². The zero-order valence-electron chi connectivity index (χ0n) is 11.0. The van der Waals surface area contributed by atoms with Crippen LogP contribution < -0.4 is 10.1 Å². The number of aliphatic carboxylic acids is 1. The summed E-state index contributed by atoms with van der Waals surface area (Å²) in [6.45, 7) is 2.90. The Hall–Kier alpha value is -1.63. The molecule has 0 aliphatic carbocycles. The first-order valence-electron chi connectivity index (χ1n) is 5.91. The molecule has 1 aromatic rings. The van der Waals surface area contributed by atoms with Crippen LogP contribution in [0, 0.1) is 11.7 Å². The maximum atomic E-state index is 13.4. The summed E-state index contributed by atoms with van der Waals surface area (Å²) in [7, 11) is 0. The predicted octanol–water partition coefficient (Wildman–Crippen LogP) is 2.19. The number of carbonyl (C=O) groups excluding carboxylic acids is 1. The van der Waals surface area contributed by atoms with Gasteiger partial charge < -0.3 is 15.2 Å². The van der Waals surface area contributed by atoms with Crippen LogP contribution in [0.4, 0.5) is 4.39 Å². The summed E-state index contributed by atoms with van der Waals surface area (Å²) in [5, 5.41) is 11.3. The molecular formula is C13H15BrFNO4. The van der Waals surface area contributed by atoms with Gasteiger partial charge in [-0.05, 0) is 24.1 Å². The summed E-state index contributed by atoms with van der Waals surface area (Å²) in [5.41, 5.74) is 0. The zero-order valence-corrected chi connectivity index (χ0v) is 12.6. The number of rotatable bonds is 6. The molecule has 1 amide bonds. The summed E-state index contributed by atoms with van der Waals surface area (Å²) < 4.78 is 19.0. The Morgan fingerprint density at radius 2 is 2.10 bits per heavy atom. The van der Waals surface area contributed by atoms with Gasteiger partial charge in [0.1, 0.15) is 6.04 Å². The largest absolute Gasteiger partial charge is 0.481 e. The molecule has 0 aliphatic rings. The number of ether oxygens (including phenoxy) is 1. The van der Waals surface area contributed by atoms with Crippen LogP contribution in [0.15, 0.2) is 22.7 Å². The molecule has 0 spiro atoms. The first-order valence-corrected chi connectivity index (χ1v) is 6.70. The Morgan fingerprint density at radius 1 is 1.45 bits per heavy atom. The minimum absolute atomic E-state index is 0.0697. The number of nitrogens with one attached hydrogen (secondary N) is 1. The number of hydrogen-bond acceptors (Lipinski definition) is 3. The molecule has 1 atom stereocenters. The average molecular weight is 348 g/mol. The van der Waals surface area contributed by atoms with Crippen LogP contribution in [-0.4, -0.2) is 29.6 Å². The predicted molar refractivity (Wildman–Crippen MR) is 74.0 cm³/mol. The van der Waals surface area contributed by atoms with Gasteiger partial charge in [-0.2, -0.15) is 0 Å². The molecule has 0 radical (unpaired) electrons. The maximum absolute atomic E-state index is 13.4. The zero-order chi connectivity index (χ0) is 15.3. The van der Waals surface area contributed by atoms with E-state index in [1.165, 1.54) is 12.1 Å². The van der Waals surface area contributed by atoms with E-state index in [0.29, 0.717) is 4.47 Å². The third kappa shape index (κ3) is 4.80. The van der Waals surface area contributed by atoms with Crippen LogP contribution in [-0.2, 0) is 9.59 Å². The molecule has 0 bridgehead atoms. The van der Waals surface area contributed by atoms with E-state index in [9.17, 15) is 14.0 Å². The van der Waals surface area contributed by atoms with Crippen molar-refractivity contribution >= 4 is 27.8 Å². The highest BCUT2D eigenvalue weighted by molar-refractivity contribution is 9.10. The molecular weight excluding hydrogens is 333 g/mol. The van der Waals surface area contributed by atoms with Crippen molar-refractivity contribution in [3.8, 4) is 5.75 Å². The van der Waals surface area contributed by atoms with Gasteiger partial charge in [0.25, 0.3) is 5.91 Å². The van der Waals surface area contributed by atoms with E-state index >= 15 is 0 Å². The van der Waals surface area contributed by atoms with Gasteiger partial charge in [-0.15, -0.1) is 0 Å². The standard InChI is InChI=1S/C13H15BrFNO4/c1-7(2)12(13(18)19)16-11(17)6-20-10-4-3-8(14)5-9(10)15/h3-5,7,12H,6H2,1-2H3,(H,16,17)(H,18,19). The van der Waals surface area contributed by atoms with Crippen LogP contribution in [0.2, 0.25) is 0 Å². The summed E-state index contributed by atoms with van der Waals surface area (Å²) in [6, 6.07) is 3.16. The van der Waals surface area contributed by atoms with Crippen molar-refractivity contribution in [3.63, 3.8) is 0 Å². The molecule has 1 rings (SSSR count). The lowest BCUT2D eigenvalue weighted by Gasteiger charge is -2.18. The van der Waals surface area contributed by atoms with Crippen molar-refractivity contribution in [2.45, 2.75) is 19.9 Å². The Kier molecular flexibility index (Phi) is 5.94. The van der Waals surface area contributed by atoms with E-state index in [1.807, 2.05) is 0 Å². The lowest BCUT2D eigenvalue weighted by Crippen LogP contribution is -2.46. The third-order valence-corrected chi connectivity index (χ3v) is 3.00. The molecule has 0 aromatic heterocycles. The number of hydrogen-bond donors (Lipinski definition) is 2. The Balaban J connectivity index is 2.57. The van der Waals surface area contributed by atoms with Crippen molar-refractivity contribution in [1.29, 1.82) is 0 Å². The Morgan fingerprint density at radius 3 is 2.60 bits per heavy atom. The van der Waals surface area contributed by atoms with Gasteiger partial charge in [0, 0.05) is 4.47 Å². The molecule has 2 N–H and O–H groups in total. The molecule has 0 heterocycles. The number of carboxylic acid groups (broad SMARTS) is 1. The molecule has 110 valence electrons. The second-order valence-electron chi connectivity index (χ2n) is 4.49. The molecule has 7 heteroatoms. The van der Waals surface area contributed by atoms with Gasteiger partial charge in [-0.3, -0.25) is 4.79 Å². The highest BCUT2D eigenvalue weighted by Gasteiger charge is 2.23. The summed E-state index contributed by atoms with van der Waals surface area (Å²) in [4.78, 5) is 22.5. The average Bonchev–Trinajstić information content (AvgIpc) is 2.34. The van der Waals surface area contributed by atoms with E-state index in [1.54, 1.807) is 19.9 Å². The quantitative estimate of drug-likeness (QED) is 0.826. The van der Waals surface area contributed by atoms with Crippen LogP contribution in [0.1, 0.15) is 13.8 Å². The summed E-state index contributed by atoms with van der Waals surface area (Å²) in [5.74, 6) is -2.68. The van der Waals surface area contributed by atoms with Crippen LogP contribution in [0.3, 0.4) is 0 Å². The van der Waals surface area contributed by atoms with E-state index in [2.05, 4.69) is 21.2 Å². The fourth-order valence-corrected chi connectivity index (χ4v) is 1.80. The first kappa shape index (κ1) is 16.4. The second kappa shape index (κ2) is 7.23. The molecule has 0 aliphatic heterocycles.